The third-order valence-corrected chi connectivity index (χ3v) is 16.1. The lowest BCUT2D eigenvalue weighted by Crippen LogP contribution is -2.42. The lowest BCUT2D eigenvalue weighted by molar-refractivity contribution is -0.157. The van der Waals surface area contributed by atoms with Gasteiger partial charge >= 0.3 is 17.9 Å². The first-order valence-electron chi connectivity index (χ1n) is 29.9. The highest BCUT2D eigenvalue weighted by molar-refractivity contribution is 7.99. The predicted molar refractivity (Wildman–Crippen MR) is 294 cm³/mol. The van der Waals surface area contributed by atoms with Crippen LogP contribution < -0.4 is 5.32 Å². The number of carbonyl (C=O) groups is 4. The lowest BCUT2D eigenvalue weighted by atomic mass is 9.93. The van der Waals surface area contributed by atoms with Gasteiger partial charge in [0.05, 0.1) is 0 Å². The highest BCUT2D eigenvalue weighted by atomic mass is 32.2. The summed E-state index contributed by atoms with van der Waals surface area (Å²) < 4.78 is 11.5. The average Bonchev–Trinajstić information content (AvgIpc) is 4.07. The standard InChI is InChI=1S/C60H113NO7S/c1-7-9-10-11-12-13-14-15-16-20-23-28-33-42-57(62)61-56(60(65)66)49-69-48-55(68-59(64)44-35-29-24-21-18-17-19-22-26-31-39-52(6)45-50(3)4)47-67-58(63)43-34-30-25-27-32-40-53-46-54(53)41-37-36-38-51(5)8-2/h50-56H,7-49H2,1-6H3,(H,61,62)(H,65,66). The van der Waals surface area contributed by atoms with Crippen molar-refractivity contribution >= 4 is 35.6 Å². The summed E-state index contributed by atoms with van der Waals surface area (Å²) >= 11 is 1.31. The molecule has 2 N–H and O–H groups in total. The van der Waals surface area contributed by atoms with Crippen molar-refractivity contribution in [1.29, 1.82) is 0 Å². The molecular formula is C60H113NO7S. The molecule has 1 aliphatic rings. The Balaban J connectivity index is 2.40. The zero-order valence-electron chi connectivity index (χ0n) is 46.3. The summed E-state index contributed by atoms with van der Waals surface area (Å²) in [5.41, 5.74) is 0. The molecule has 8 nitrogen and oxygen atoms in total. The van der Waals surface area contributed by atoms with Crippen molar-refractivity contribution in [3.05, 3.63) is 0 Å². The molecule has 1 aliphatic carbocycles. The number of ether oxygens (including phenoxy) is 2. The molecule has 0 aromatic carbocycles. The largest absolute Gasteiger partial charge is 0.480 e. The van der Waals surface area contributed by atoms with Gasteiger partial charge in [0.1, 0.15) is 18.8 Å². The first-order chi connectivity index (χ1) is 33.4. The fourth-order valence-corrected chi connectivity index (χ4v) is 11.1. The molecule has 0 bridgehead atoms. The summed E-state index contributed by atoms with van der Waals surface area (Å²) in [6.45, 7) is 13.9. The Morgan fingerprint density at radius 1 is 0.536 bits per heavy atom. The Kier molecular flexibility index (Phi) is 43.5. The molecule has 6 atom stereocenters. The summed E-state index contributed by atoms with van der Waals surface area (Å²) in [4.78, 5) is 50.7. The lowest BCUT2D eigenvalue weighted by Gasteiger charge is -2.19. The zero-order chi connectivity index (χ0) is 50.6. The number of carbonyl (C=O) groups excluding carboxylic acids is 3. The van der Waals surface area contributed by atoms with Crippen LogP contribution in [0.5, 0.6) is 0 Å². The van der Waals surface area contributed by atoms with Gasteiger partial charge in [0.15, 0.2) is 0 Å². The fourth-order valence-electron chi connectivity index (χ4n) is 10.1. The molecule has 0 aromatic heterocycles. The monoisotopic (exact) mass is 992 g/mol. The molecule has 1 fully saturated rings. The fraction of sp³-hybridized carbons (Fsp3) is 0.933. The quantitative estimate of drug-likeness (QED) is 0.0457. The van der Waals surface area contributed by atoms with Gasteiger partial charge in [-0.1, -0.05) is 247 Å². The van der Waals surface area contributed by atoms with Crippen LogP contribution in [0.25, 0.3) is 0 Å². The Morgan fingerprint density at radius 3 is 1.48 bits per heavy atom. The van der Waals surface area contributed by atoms with E-state index in [2.05, 4.69) is 46.9 Å². The highest BCUT2D eigenvalue weighted by Gasteiger charge is 2.35. The number of unbranched alkanes of at least 4 members (excludes halogenated alkanes) is 26. The van der Waals surface area contributed by atoms with E-state index in [1.807, 2.05) is 0 Å². The Bertz CT molecular complexity index is 1230. The minimum absolute atomic E-state index is 0.0438. The molecule has 1 amide bonds. The number of nitrogens with one attached hydrogen (secondary N) is 1. The number of esters is 2. The van der Waals surface area contributed by atoms with E-state index >= 15 is 0 Å². The van der Waals surface area contributed by atoms with E-state index in [4.69, 9.17) is 9.47 Å². The van der Waals surface area contributed by atoms with Gasteiger partial charge in [0.25, 0.3) is 0 Å². The van der Waals surface area contributed by atoms with Gasteiger partial charge in [-0.15, -0.1) is 0 Å². The van der Waals surface area contributed by atoms with Crippen LogP contribution in [-0.2, 0) is 28.7 Å². The van der Waals surface area contributed by atoms with Crippen LogP contribution in [0.4, 0.5) is 0 Å². The van der Waals surface area contributed by atoms with Crippen LogP contribution in [0.2, 0.25) is 0 Å². The van der Waals surface area contributed by atoms with Gasteiger partial charge < -0.3 is 19.9 Å². The number of hydrogen-bond donors (Lipinski definition) is 2. The number of thioether (sulfide) groups is 1. The number of amides is 1. The minimum Gasteiger partial charge on any atom is -0.480 e. The smallest absolute Gasteiger partial charge is 0.327 e. The van der Waals surface area contributed by atoms with Crippen LogP contribution in [0, 0.1) is 29.6 Å². The first-order valence-corrected chi connectivity index (χ1v) is 31.0. The van der Waals surface area contributed by atoms with Crippen molar-refractivity contribution in [2.24, 2.45) is 29.6 Å². The molecule has 0 heterocycles. The molecule has 1 rings (SSSR count). The van der Waals surface area contributed by atoms with E-state index in [1.54, 1.807) is 0 Å². The van der Waals surface area contributed by atoms with Gasteiger partial charge in [-0.2, -0.15) is 11.8 Å². The molecule has 406 valence electrons. The van der Waals surface area contributed by atoms with Crippen molar-refractivity contribution in [1.82, 2.24) is 5.32 Å². The van der Waals surface area contributed by atoms with Gasteiger partial charge in [0.2, 0.25) is 5.91 Å². The van der Waals surface area contributed by atoms with Crippen molar-refractivity contribution in [3.63, 3.8) is 0 Å². The van der Waals surface area contributed by atoms with Crippen LogP contribution in [-0.4, -0.2) is 59.2 Å². The van der Waals surface area contributed by atoms with E-state index < -0.39 is 18.1 Å². The summed E-state index contributed by atoms with van der Waals surface area (Å²) in [6.07, 6.45) is 45.9. The van der Waals surface area contributed by atoms with Crippen molar-refractivity contribution < 1.29 is 33.8 Å². The van der Waals surface area contributed by atoms with Gasteiger partial charge in [-0.3, -0.25) is 14.4 Å². The predicted octanol–water partition coefficient (Wildman–Crippen LogP) is 17.6. The topological polar surface area (TPSA) is 119 Å². The summed E-state index contributed by atoms with van der Waals surface area (Å²) in [7, 11) is 0. The number of carboxylic acids is 1. The maximum absolute atomic E-state index is 13.0. The number of rotatable bonds is 52. The highest BCUT2D eigenvalue weighted by Crippen LogP contribution is 2.46. The molecule has 0 aromatic rings. The Labute approximate surface area is 431 Å². The molecule has 1 saturated carbocycles. The molecule has 0 saturated heterocycles. The van der Waals surface area contributed by atoms with Crippen LogP contribution in [0.3, 0.4) is 0 Å². The molecule has 69 heavy (non-hydrogen) atoms. The SMILES string of the molecule is CCCCCCCCCCCCCCCC(=O)NC(CSCC(COC(=O)CCCCCCCC1CC1CCCCC(C)CC)OC(=O)CCCCCCCCCCCCC(C)CC(C)C)C(=O)O. The zero-order valence-corrected chi connectivity index (χ0v) is 47.1. The van der Waals surface area contributed by atoms with E-state index in [0.717, 1.165) is 87.4 Å². The van der Waals surface area contributed by atoms with Crippen molar-refractivity contribution in [2.75, 3.05) is 18.1 Å². The molecular weight excluding hydrogens is 879 g/mol. The second kappa shape index (κ2) is 46.0. The van der Waals surface area contributed by atoms with Crippen LogP contribution >= 0.6 is 11.8 Å². The van der Waals surface area contributed by atoms with E-state index in [1.165, 1.54) is 192 Å². The third kappa shape index (κ3) is 42.4. The molecule has 6 unspecified atom stereocenters. The van der Waals surface area contributed by atoms with Crippen molar-refractivity contribution in [2.45, 2.75) is 311 Å². The van der Waals surface area contributed by atoms with E-state index in [0.29, 0.717) is 19.3 Å². The van der Waals surface area contributed by atoms with Gasteiger partial charge in [-0.05, 0) is 61.7 Å². The Morgan fingerprint density at radius 2 is 0.971 bits per heavy atom. The minimum atomic E-state index is -1.08. The maximum atomic E-state index is 13.0. The number of aliphatic carboxylic acids is 1. The molecule has 0 radical (unpaired) electrons. The molecule has 0 spiro atoms. The summed E-state index contributed by atoms with van der Waals surface area (Å²) in [6, 6.07) is -1.04. The molecule has 9 heteroatoms. The van der Waals surface area contributed by atoms with E-state index in [9.17, 15) is 24.3 Å². The van der Waals surface area contributed by atoms with E-state index in [-0.39, 0.29) is 36.0 Å². The van der Waals surface area contributed by atoms with Crippen molar-refractivity contribution in [3.8, 4) is 0 Å². The summed E-state index contributed by atoms with van der Waals surface area (Å²) in [5, 5.41) is 12.6. The first kappa shape index (κ1) is 65.2. The summed E-state index contributed by atoms with van der Waals surface area (Å²) in [5.74, 6) is 2.94. The number of hydrogen-bond acceptors (Lipinski definition) is 7. The second-order valence-corrected chi connectivity index (χ2v) is 23.5. The van der Waals surface area contributed by atoms with Crippen LogP contribution in [0.1, 0.15) is 298 Å². The maximum Gasteiger partial charge on any atom is 0.327 e. The molecule has 0 aliphatic heterocycles. The van der Waals surface area contributed by atoms with Gasteiger partial charge in [-0.25, -0.2) is 4.79 Å². The third-order valence-electron chi connectivity index (χ3n) is 14.9. The van der Waals surface area contributed by atoms with Crippen LogP contribution in [0.15, 0.2) is 0 Å². The Hall–Kier alpha value is -1.77. The number of carboxylic acid groups (broad SMARTS) is 1. The normalized spacial score (nSPS) is 16.3. The van der Waals surface area contributed by atoms with Gasteiger partial charge in [0, 0.05) is 30.8 Å². The average molecular weight is 993 g/mol. The second-order valence-electron chi connectivity index (χ2n) is 22.5.